The largest absolute Gasteiger partial charge is 0.384 e. The molecule has 0 amide bonds. The van der Waals surface area contributed by atoms with E-state index in [1.165, 1.54) is 0 Å². The summed E-state index contributed by atoms with van der Waals surface area (Å²) < 4.78 is 24.4. The van der Waals surface area contributed by atoms with E-state index in [-0.39, 0.29) is 11.7 Å². The molecule has 0 bridgehead atoms. The van der Waals surface area contributed by atoms with Gasteiger partial charge >= 0.3 is 0 Å². The van der Waals surface area contributed by atoms with Crippen molar-refractivity contribution >= 4 is 15.5 Å². The normalized spacial score (nSPS) is 11.8. The fourth-order valence-electron chi connectivity index (χ4n) is 1.77. The summed E-state index contributed by atoms with van der Waals surface area (Å²) >= 11 is 0. The van der Waals surface area contributed by atoms with E-state index in [1.54, 1.807) is 6.07 Å². The molecule has 96 valence electrons. The van der Waals surface area contributed by atoms with Crippen LogP contribution in [0.25, 0.3) is 0 Å². The molecule has 0 aliphatic rings. The molecule has 0 radical (unpaired) electrons. The second-order valence-electron chi connectivity index (χ2n) is 4.71. The summed E-state index contributed by atoms with van der Waals surface area (Å²) in [6.45, 7) is 8.46. The molecule has 1 aromatic carbocycles. The summed E-state index contributed by atoms with van der Waals surface area (Å²) in [5.74, 6) is 0.324. The van der Waals surface area contributed by atoms with Crippen molar-refractivity contribution in [1.29, 1.82) is 0 Å². The van der Waals surface area contributed by atoms with Crippen LogP contribution >= 0.6 is 0 Å². The van der Waals surface area contributed by atoms with Crippen LogP contribution in [-0.2, 0) is 9.84 Å². The minimum atomic E-state index is -3.19. The zero-order valence-electron chi connectivity index (χ0n) is 10.9. The van der Waals surface area contributed by atoms with Crippen LogP contribution < -0.4 is 5.32 Å². The number of anilines is 1. The van der Waals surface area contributed by atoms with E-state index >= 15 is 0 Å². The molecule has 0 fully saturated rings. The van der Waals surface area contributed by atoms with E-state index in [0.29, 0.717) is 17.1 Å². The maximum Gasteiger partial charge on any atom is 0.180 e. The van der Waals surface area contributed by atoms with Gasteiger partial charge in [-0.25, -0.2) is 8.42 Å². The molecule has 0 aromatic heterocycles. The Kier molecular flexibility index (Phi) is 4.57. The minimum Gasteiger partial charge on any atom is -0.384 e. The molecule has 0 aliphatic heterocycles. The third-order valence-corrected chi connectivity index (χ3v) is 4.52. The second-order valence-corrected chi connectivity index (χ2v) is 6.71. The lowest BCUT2D eigenvalue weighted by molar-refractivity contribution is 0.582. The van der Waals surface area contributed by atoms with Crippen LogP contribution in [0.4, 0.5) is 5.69 Å². The molecule has 3 nitrogen and oxygen atoms in total. The quantitative estimate of drug-likeness (QED) is 0.880. The summed E-state index contributed by atoms with van der Waals surface area (Å²) in [5, 5.41) is 3.12. The Hall–Kier alpha value is -1.03. The highest BCUT2D eigenvalue weighted by Gasteiger charge is 2.19. The smallest absolute Gasteiger partial charge is 0.180 e. The zero-order valence-corrected chi connectivity index (χ0v) is 11.8. The van der Waals surface area contributed by atoms with Crippen molar-refractivity contribution in [2.75, 3.05) is 17.6 Å². The highest BCUT2D eigenvalue weighted by atomic mass is 32.2. The lowest BCUT2D eigenvalue weighted by atomic mass is 10.2. The van der Waals surface area contributed by atoms with Gasteiger partial charge in [0.25, 0.3) is 0 Å². The van der Waals surface area contributed by atoms with Gasteiger partial charge in [-0.1, -0.05) is 19.9 Å². The van der Waals surface area contributed by atoms with Gasteiger partial charge < -0.3 is 5.32 Å². The Balaban J connectivity index is 3.20. The van der Waals surface area contributed by atoms with Gasteiger partial charge in [0.05, 0.1) is 16.3 Å². The molecular formula is C13H21NO2S. The standard InChI is InChI=1S/C13H21NO2S/c1-5-14-12-8-11(4)6-7-13(12)17(15,16)9-10(2)3/h6-8,10,14H,5,9H2,1-4H3. The van der Waals surface area contributed by atoms with Gasteiger partial charge in [0.15, 0.2) is 9.84 Å². The van der Waals surface area contributed by atoms with Gasteiger partial charge in [-0.2, -0.15) is 0 Å². The predicted molar refractivity (Wildman–Crippen MR) is 72.2 cm³/mol. The van der Waals surface area contributed by atoms with E-state index in [1.807, 2.05) is 39.8 Å². The third kappa shape index (κ3) is 3.73. The first kappa shape index (κ1) is 14.0. The van der Waals surface area contributed by atoms with Crippen molar-refractivity contribution in [2.24, 2.45) is 5.92 Å². The molecule has 0 aliphatic carbocycles. The number of hydrogen-bond acceptors (Lipinski definition) is 3. The van der Waals surface area contributed by atoms with Crippen molar-refractivity contribution in [3.05, 3.63) is 23.8 Å². The highest BCUT2D eigenvalue weighted by molar-refractivity contribution is 7.91. The number of hydrogen-bond donors (Lipinski definition) is 1. The summed E-state index contributed by atoms with van der Waals surface area (Å²) in [7, 11) is -3.19. The first-order chi connectivity index (χ1) is 7.86. The van der Waals surface area contributed by atoms with Crippen LogP contribution in [0, 0.1) is 12.8 Å². The molecule has 17 heavy (non-hydrogen) atoms. The molecule has 1 N–H and O–H groups in total. The summed E-state index contributed by atoms with van der Waals surface area (Å²) in [6, 6.07) is 5.43. The first-order valence-corrected chi connectivity index (χ1v) is 7.59. The first-order valence-electron chi connectivity index (χ1n) is 5.94. The Bertz CT molecular complexity index is 478. The van der Waals surface area contributed by atoms with Crippen LogP contribution in [0.3, 0.4) is 0 Å². The van der Waals surface area contributed by atoms with Crippen molar-refractivity contribution in [1.82, 2.24) is 0 Å². The lowest BCUT2D eigenvalue weighted by Gasteiger charge is -2.13. The van der Waals surface area contributed by atoms with Crippen LogP contribution in [0.5, 0.6) is 0 Å². The van der Waals surface area contributed by atoms with E-state index in [9.17, 15) is 8.42 Å². The average molecular weight is 255 g/mol. The topological polar surface area (TPSA) is 46.2 Å². The minimum absolute atomic E-state index is 0.135. The second kappa shape index (κ2) is 5.54. The van der Waals surface area contributed by atoms with Crippen LogP contribution in [-0.4, -0.2) is 20.7 Å². The van der Waals surface area contributed by atoms with Crippen LogP contribution in [0.1, 0.15) is 26.3 Å². The van der Waals surface area contributed by atoms with Gasteiger partial charge in [0.1, 0.15) is 0 Å². The van der Waals surface area contributed by atoms with Gasteiger partial charge in [-0.15, -0.1) is 0 Å². The van der Waals surface area contributed by atoms with Crippen molar-refractivity contribution in [3.8, 4) is 0 Å². The Morgan fingerprint density at radius 3 is 2.47 bits per heavy atom. The molecule has 0 atom stereocenters. The van der Waals surface area contributed by atoms with Crippen molar-refractivity contribution < 1.29 is 8.42 Å². The number of benzene rings is 1. The Morgan fingerprint density at radius 2 is 1.94 bits per heavy atom. The van der Waals surface area contributed by atoms with Crippen LogP contribution in [0.15, 0.2) is 23.1 Å². The van der Waals surface area contributed by atoms with E-state index < -0.39 is 9.84 Å². The molecular weight excluding hydrogens is 234 g/mol. The predicted octanol–water partition coefficient (Wildman–Crippen LogP) is 2.86. The Morgan fingerprint density at radius 1 is 1.29 bits per heavy atom. The number of rotatable bonds is 5. The highest BCUT2D eigenvalue weighted by Crippen LogP contribution is 2.24. The Labute approximate surface area is 104 Å². The number of nitrogens with one attached hydrogen (secondary N) is 1. The fraction of sp³-hybridized carbons (Fsp3) is 0.538. The molecule has 0 heterocycles. The SMILES string of the molecule is CCNc1cc(C)ccc1S(=O)(=O)CC(C)C. The summed E-state index contributed by atoms with van der Waals surface area (Å²) in [6.07, 6.45) is 0. The van der Waals surface area contributed by atoms with Crippen LogP contribution in [0.2, 0.25) is 0 Å². The maximum atomic E-state index is 12.2. The van der Waals surface area contributed by atoms with Gasteiger partial charge in [0.2, 0.25) is 0 Å². The summed E-state index contributed by atoms with van der Waals surface area (Å²) in [4.78, 5) is 0.415. The van der Waals surface area contributed by atoms with E-state index in [4.69, 9.17) is 0 Å². The number of sulfone groups is 1. The maximum absolute atomic E-state index is 12.2. The van der Waals surface area contributed by atoms with Gasteiger partial charge in [-0.05, 0) is 37.5 Å². The zero-order chi connectivity index (χ0) is 13.1. The third-order valence-electron chi connectivity index (χ3n) is 2.39. The molecule has 0 saturated heterocycles. The molecule has 4 heteroatoms. The molecule has 0 unspecified atom stereocenters. The molecule has 0 spiro atoms. The van der Waals surface area contributed by atoms with E-state index in [2.05, 4.69) is 5.32 Å². The average Bonchev–Trinajstić information content (AvgIpc) is 2.15. The summed E-state index contributed by atoms with van der Waals surface area (Å²) in [5.41, 5.74) is 1.78. The van der Waals surface area contributed by atoms with Gasteiger partial charge in [-0.3, -0.25) is 0 Å². The molecule has 0 saturated carbocycles. The molecule has 1 aromatic rings. The fourth-order valence-corrected chi connectivity index (χ4v) is 3.57. The monoisotopic (exact) mass is 255 g/mol. The number of aryl methyl sites for hydroxylation is 1. The van der Waals surface area contributed by atoms with E-state index in [0.717, 1.165) is 5.56 Å². The lowest BCUT2D eigenvalue weighted by Crippen LogP contribution is -2.14. The van der Waals surface area contributed by atoms with Gasteiger partial charge in [0, 0.05) is 6.54 Å². The van der Waals surface area contributed by atoms with Crippen molar-refractivity contribution in [3.63, 3.8) is 0 Å². The van der Waals surface area contributed by atoms with Crippen molar-refractivity contribution in [2.45, 2.75) is 32.6 Å². The molecule has 1 rings (SSSR count).